The Bertz CT molecular complexity index is 553. The van der Waals surface area contributed by atoms with Crippen molar-refractivity contribution in [2.45, 2.75) is 4.90 Å². The van der Waals surface area contributed by atoms with Crippen molar-refractivity contribution in [3.8, 4) is 5.75 Å². The molecule has 2 aromatic rings. The average molecular weight is 250 g/mol. The van der Waals surface area contributed by atoms with Crippen molar-refractivity contribution >= 4 is 29.0 Å². The number of hydrogen-bond donors (Lipinski definition) is 1. The Labute approximate surface area is 102 Å². The average Bonchev–Trinajstić information content (AvgIpc) is 2.35. The van der Waals surface area contributed by atoms with Gasteiger partial charge in [0.25, 0.3) is 0 Å². The number of methoxy groups -OCH3 is 1. The van der Waals surface area contributed by atoms with Crippen LogP contribution < -0.4 is 4.74 Å². The van der Waals surface area contributed by atoms with Gasteiger partial charge in [0.1, 0.15) is 17.8 Å². The third-order valence-corrected chi connectivity index (χ3v) is 3.03. The molecule has 0 aliphatic carbocycles. The monoisotopic (exact) mass is 250 g/mol. The maximum atomic E-state index is 10.4. The van der Waals surface area contributed by atoms with Crippen molar-refractivity contribution in [1.82, 2.24) is 0 Å². The normalized spacial score (nSPS) is 10.2. The van der Waals surface area contributed by atoms with Gasteiger partial charge in [-0.3, -0.25) is 0 Å². The van der Waals surface area contributed by atoms with Crippen LogP contribution in [-0.2, 0) is 4.18 Å². The summed E-state index contributed by atoms with van der Waals surface area (Å²) < 4.78 is 9.74. The molecule has 0 heterocycles. The molecule has 2 rings (SSSR count). The highest BCUT2D eigenvalue weighted by Crippen LogP contribution is 2.34. The molecule has 0 radical (unpaired) electrons. The van der Waals surface area contributed by atoms with E-state index in [1.807, 2.05) is 24.3 Å². The highest BCUT2D eigenvalue weighted by Gasteiger charge is 2.08. The smallest absolute Gasteiger partial charge is 0.496 e. The predicted molar refractivity (Wildman–Crippen MR) is 65.5 cm³/mol. The van der Waals surface area contributed by atoms with Crippen LogP contribution in [0.15, 0.2) is 41.3 Å². The molecule has 4 nitrogen and oxygen atoms in total. The first kappa shape index (κ1) is 11.6. The number of fused-ring (bicyclic) bond motifs is 1. The van der Waals surface area contributed by atoms with Crippen LogP contribution in [0.4, 0.5) is 4.79 Å². The number of ether oxygens (including phenoxy) is 1. The van der Waals surface area contributed by atoms with E-state index in [-0.39, 0.29) is 0 Å². The predicted octanol–water partition coefficient (Wildman–Crippen LogP) is 3.55. The van der Waals surface area contributed by atoms with Crippen LogP contribution in [0.2, 0.25) is 0 Å². The molecule has 0 aromatic heterocycles. The summed E-state index contributed by atoms with van der Waals surface area (Å²) in [7, 11) is 1.60. The van der Waals surface area contributed by atoms with Crippen LogP contribution in [-0.4, -0.2) is 18.4 Å². The molecular weight excluding hydrogens is 240 g/mol. The van der Waals surface area contributed by atoms with E-state index in [0.717, 1.165) is 33.5 Å². The molecule has 0 aliphatic rings. The number of carbonyl (C=O) groups is 1. The minimum absolute atomic E-state index is 0.740. The number of carboxylic acid groups (broad SMARTS) is 1. The summed E-state index contributed by atoms with van der Waals surface area (Å²) in [6.45, 7) is 0. The van der Waals surface area contributed by atoms with Gasteiger partial charge in [0.05, 0.1) is 12.0 Å². The van der Waals surface area contributed by atoms with Crippen LogP contribution in [0.25, 0.3) is 10.8 Å². The summed E-state index contributed by atoms with van der Waals surface area (Å²) >= 11 is 0.822. The van der Waals surface area contributed by atoms with Gasteiger partial charge in [-0.05, 0) is 12.1 Å². The van der Waals surface area contributed by atoms with Gasteiger partial charge < -0.3 is 14.0 Å². The minimum atomic E-state index is -1.31. The van der Waals surface area contributed by atoms with Gasteiger partial charge in [0.2, 0.25) is 0 Å². The first-order valence-electron chi connectivity index (χ1n) is 4.85. The summed E-state index contributed by atoms with van der Waals surface area (Å²) in [6, 6.07) is 11.2. The Morgan fingerprint density at radius 2 is 1.88 bits per heavy atom. The topological polar surface area (TPSA) is 55.8 Å². The van der Waals surface area contributed by atoms with Gasteiger partial charge >= 0.3 is 6.16 Å². The lowest BCUT2D eigenvalue weighted by molar-refractivity contribution is 0.153. The Balaban J connectivity index is 2.47. The van der Waals surface area contributed by atoms with Crippen LogP contribution in [0.3, 0.4) is 0 Å². The zero-order valence-electron chi connectivity index (χ0n) is 9.04. The van der Waals surface area contributed by atoms with Crippen molar-refractivity contribution in [2.24, 2.45) is 0 Å². The van der Waals surface area contributed by atoms with Crippen molar-refractivity contribution in [3.05, 3.63) is 36.4 Å². The molecule has 0 unspecified atom stereocenters. The summed E-state index contributed by atoms with van der Waals surface area (Å²) in [5.41, 5.74) is 0. The van der Waals surface area contributed by atoms with Gasteiger partial charge in [-0.1, -0.05) is 24.3 Å². The van der Waals surface area contributed by atoms with E-state index in [9.17, 15) is 4.79 Å². The number of rotatable bonds is 3. The number of hydrogen-bond acceptors (Lipinski definition) is 4. The van der Waals surface area contributed by atoms with Gasteiger partial charge in [-0.2, -0.15) is 0 Å². The summed E-state index contributed by atoms with van der Waals surface area (Å²) in [4.78, 5) is 11.1. The summed E-state index contributed by atoms with van der Waals surface area (Å²) in [5.74, 6) is 0.750. The van der Waals surface area contributed by atoms with E-state index in [0.29, 0.717) is 0 Å². The standard InChI is InChI=1S/C12H10O4S/c1-15-10-6-7-11(17-16-12(13)14)9-5-3-2-4-8(9)10/h2-7H,1H3,(H,13,14). The maximum Gasteiger partial charge on any atom is 0.518 e. The van der Waals surface area contributed by atoms with E-state index in [4.69, 9.17) is 9.84 Å². The molecule has 88 valence electrons. The lowest BCUT2D eigenvalue weighted by atomic mass is 10.1. The van der Waals surface area contributed by atoms with E-state index in [1.54, 1.807) is 19.2 Å². The fourth-order valence-corrected chi connectivity index (χ4v) is 2.13. The third kappa shape index (κ3) is 2.45. The molecule has 5 heteroatoms. The van der Waals surface area contributed by atoms with Crippen molar-refractivity contribution < 1.29 is 18.8 Å². The maximum absolute atomic E-state index is 10.4. The zero-order chi connectivity index (χ0) is 12.3. The van der Waals surface area contributed by atoms with Gasteiger partial charge in [0.15, 0.2) is 0 Å². The van der Waals surface area contributed by atoms with E-state index < -0.39 is 6.16 Å². The SMILES string of the molecule is COc1ccc(SOC(=O)O)c2ccccc12. The van der Waals surface area contributed by atoms with E-state index in [1.165, 1.54) is 0 Å². The molecule has 17 heavy (non-hydrogen) atoms. The Morgan fingerprint density at radius 3 is 2.53 bits per heavy atom. The molecule has 0 fully saturated rings. The number of benzene rings is 2. The zero-order valence-corrected chi connectivity index (χ0v) is 9.86. The highest BCUT2D eigenvalue weighted by molar-refractivity contribution is 7.95. The van der Waals surface area contributed by atoms with Crippen molar-refractivity contribution in [3.63, 3.8) is 0 Å². The van der Waals surface area contributed by atoms with E-state index in [2.05, 4.69) is 4.18 Å². The molecule has 0 aliphatic heterocycles. The second kappa shape index (κ2) is 4.97. The molecule has 0 bridgehead atoms. The molecule has 0 amide bonds. The van der Waals surface area contributed by atoms with Gasteiger partial charge in [0, 0.05) is 10.8 Å². The molecule has 2 aromatic carbocycles. The van der Waals surface area contributed by atoms with Crippen molar-refractivity contribution in [2.75, 3.05) is 7.11 Å². The van der Waals surface area contributed by atoms with Crippen molar-refractivity contribution in [1.29, 1.82) is 0 Å². The van der Waals surface area contributed by atoms with Crippen LogP contribution in [0.1, 0.15) is 0 Å². The van der Waals surface area contributed by atoms with E-state index >= 15 is 0 Å². The Hall–Kier alpha value is -1.88. The highest BCUT2D eigenvalue weighted by atomic mass is 32.2. The second-order valence-corrected chi connectivity index (χ2v) is 4.02. The lowest BCUT2D eigenvalue weighted by Crippen LogP contribution is -1.92. The van der Waals surface area contributed by atoms with Crippen LogP contribution in [0, 0.1) is 0 Å². The van der Waals surface area contributed by atoms with Gasteiger partial charge in [-0.15, -0.1) is 0 Å². The minimum Gasteiger partial charge on any atom is -0.496 e. The molecular formula is C12H10O4S. The third-order valence-electron chi connectivity index (χ3n) is 2.27. The molecule has 1 N–H and O–H groups in total. The first-order chi connectivity index (χ1) is 8.22. The molecule has 0 spiro atoms. The fourth-order valence-electron chi connectivity index (χ4n) is 1.57. The van der Waals surface area contributed by atoms with Gasteiger partial charge in [-0.25, -0.2) is 4.79 Å². The lowest BCUT2D eigenvalue weighted by Gasteiger charge is -2.08. The molecule has 0 saturated heterocycles. The second-order valence-electron chi connectivity index (χ2n) is 3.24. The molecule has 0 atom stereocenters. The first-order valence-corrected chi connectivity index (χ1v) is 5.59. The summed E-state index contributed by atoms with van der Waals surface area (Å²) in [5, 5.41) is 10.3. The van der Waals surface area contributed by atoms with Crippen LogP contribution in [0.5, 0.6) is 5.75 Å². The Kier molecular flexibility index (Phi) is 3.39. The van der Waals surface area contributed by atoms with Crippen LogP contribution >= 0.6 is 12.0 Å². The largest absolute Gasteiger partial charge is 0.518 e. The Morgan fingerprint density at radius 1 is 1.18 bits per heavy atom. The fraction of sp³-hybridized carbons (Fsp3) is 0.0833. The molecule has 0 saturated carbocycles. The summed E-state index contributed by atoms with van der Waals surface area (Å²) in [6.07, 6.45) is -1.31. The quantitative estimate of drug-likeness (QED) is 0.844.